The van der Waals surface area contributed by atoms with Gasteiger partial charge in [-0.3, -0.25) is 4.98 Å². The van der Waals surface area contributed by atoms with Gasteiger partial charge in [-0.25, -0.2) is 0 Å². The van der Waals surface area contributed by atoms with E-state index in [-0.39, 0.29) is 0 Å². The van der Waals surface area contributed by atoms with E-state index in [1.54, 1.807) is 19.3 Å². The van der Waals surface area contributed by atoms with Gasteiger partial charge in [0.15, 0.2) is 5.75 Å². The molecule has 1 heterocycles. The Morgan fingerprint density at radius 1 is 1.73 bits per heavy atom. The highest BCUT2D eigenvalue weighted by Crippen LogP contribution is 2.12. The molecule has 1 aromatic heterocycles. The van der Waals surface area contributed by atoms with Gasteiger partial charge in [-0.2, -0.15) is 10.7 Å². The molecule has 56 valence electrons. The topological polar surface area (TPSA) is 57.9 Å². The Balaban J connectivity index is 2.95. The minimum absolute atomic E-state index is 0.442. The lowest BCUT2D eigenvalue weighted by molar-refractivity contribution is 0.222. The average Bonchev–Trinajstić information content (AvgIpc) is 2.06. The molecule has 1 rings (SSSR count). The molecule has 0 amide bonds. The third kappa shape index (κ3) is 1.66. The smallest absolute Gasteiger partial charge is 0.183 e. The fourth-order valence-corrected chi connectivity index (χ4v) is 0.664. The number of hydrogen-bond acceptors (Lipinski definition) is 4. The van der Waals surface area contributed by atoms with Crippen molar-refractivity contribution >= 4 is 0 Å². The van der Waals surface area contributed by atoms with Crippen LogP contribution in [0.3, 0.4) is 0 Å². The number of hydrogen-bond donors (Lipinski definition) is 1. The van der Waals surface area contributed by atoms with E-state index < -0.39 is 0 Å². The van der Waals surface area contributed by atoms with Crippen LogP contribution >= 0.6 is 0 Å². The molecule has 0 aliphatic heterocycles. The summed E-state index contributed by atoms with van der Waals surface area (Å²) in [5.74, 6) is 0.442. The Morgan fingerprint density at radius 3 is 3.18 bits per heavy atom. The summed E-state index contributed by atoms with van der Waals surface area (Å²) in [7, 11) is 1.62. The molecule has 0 aliphatic rings. The van der Waals surface area contributed by atoms with Crippen LogP contribution in [0.15, 0.2) is 18.5 Å². The van der Waals surface area contributed by atoms with Crippen molar-refractivity contribution < 1.29 is 4.84 Å². The number of nitrogens with one attached hydrogen (secondary N) is 1. The van der Waals surface area contributed by atoms with E-state index in [0.29, 0.717) is 11.3 Å². The number of pyridine rings is 1. The molecule has 0 bridgehead atoms. The zero-order valence-corrected chi connectivity index (χ0v) is 6.03. The van der Waals surface area contributed by atoms with Crippen molar-refractivity contribution in [2.24, 2.45) is 0 Å². The zero-order valence-electron chi connectivity index (χ0n) is 6.03. The van der Waals surface area contributed by atoms with Crippen LogP contribution in [0.1, 0.15) is 5.56 Å². The number of nitrogens with zero attached hydrogens (tertiary/aromatic N) is 2. The number of nitriles is 1. The summed E-state index contributed by atoms with van der Waals surface area (Å²) in [5, 5.41) is 8.56. The van der Waals surface area contributed by atoms with Gasteiger partial charge in [0.05, 0.1) is 11.8 Å². The third-order valence-electron chi connectivity index (χ3n) is 1.12. The van der Waals surface area contributed by atoms with Crippen molar-refractivity contribution in [2.45, 2.75) is 0 Å². The van der Waals surface area contributed by atoms with E-state index in [0.717, 1.165) is 0 Å². The van der Waals surface area contributed by atoms with Gasteiger partial charge in [0, 0.05) is 13.2 Å². The quantitative estimate of drug-likeness (QED) is 0.621. The van der Waals surface area contributed by atoms with Crippen molar-refractivity contribution in [1.82, 2.24) is 10.5 Å². The van der Waals surface area contributed by atoms with Gasteiger partial charge in [-0.1, -0.05) is 0 Å². The van der Waals surface area contributed by atoms with Crippen molar-refractivity contribution in [3.8, 4) is 11.8 Å². The predicted octanol–water partition coefficient (Wildman–Crippen LogP) is 0.466. The minimum Gasteiger partial charge on any atom is -0.406 e. The van der Waals surface area contributed by atoms with Gasteiger partial charge in [-0.15, -0.1) is 0 Å². The number of aromatic nitrogens is 1. The fraction of sp³-hybridized carbons (Fsp3) is 0.143. The van der Waals surface area contributed by atoms with E-state index in [2.05, 4.69) is 10.5 Å². The maximum atomic E-state index is 8.56. The lowest BCUT2D eigenvalue weighted by atomic mass is 10.3. The second kappa shape index (κ2) is 3.54. The van der Waals surface area contributed by atoms with Crippen molar-refractivity contribution in [1.29, 1.82) is 5.26 Å². The molecule has 0 unspecified atom stereocenters. The molecule has 0 aliphatic carbocycles. The maximum Gasteiger partial charge on any atom is 0.183 e. The van der Waals surface area contributed by atoms with Crippen LogP contribution in [0.5, 0.6) is 5.75 Å². The Bertz CT molecular complexity index is 279. The molecular weight excluding hydrogens is 142 g/mol. The summed E-state index contributed by atoms with van der Waals surface area (Å²) in [6.07, 6.45) is 3.02. The summed E-state index contributed by atoms with van der Waals surface area (Å²) in [6, 6.07) is 3.57. The minimum atomic E-state index is 0.442. The molecule has 4 nitrogen and oxygen atoms in total. The first-order valence-corrected chi connectivity index (χ1v) is 3.06. The van der Waals surface area contributed by atoms with Crippen LogP contribution in [-0.4, -0.2) is 12.0 Å². The molecule has 0 atom stereocenters. The summed E-state index contributed by atoms with van der Waals surface area (Å²) >= 11 is 0. The first-order chi connectivity index (χ1) is 5.38. The summed E-state index contributed by atoms with van der Waals surface area (Å²) in [5.41, 5.74) is 2.93. The summed E-state index contributed by atoms with van der Waals surface area (Å²) < 4.78 is 0. The number of hydroxylamine groups is 1. The molecule has 0 saturated carbocycles. The first kappa shape index (κ1) is 7.51. The monoisotopic (exact) mass is 149 g/mol. The van der Waals surface area contributed by atoms with E-state index in [1.807, 2.05) is 6.07 Å². The molecule has 0 saturated heterocycles. The highest BCUT2D eigenvalue weighted by Gasteiger charge is 1.99. The molecule has 1 N–H and O–H groups in total. The van der Waals surface area contributed by atoms with Crippen LogP contribution < -0.4 is 10.3 Å². The average molecular weight is 149 g/mol. The standard InChI is InChI=1S/C7H7N3O/c1-9-11-7-5-10-3-2-6(7)4-8/h2-3,5,9H,1H3. The van der Waals surface area contributed by atoms with Gasteiger partial charge in [-0.05, 0) is 6.07 Å². The van der Waals surface area contributed by atoms with Gasteiger partial charge in [0.25, 0.3) is 0 Å². The van der Waals surface area contributed by atoms with Crippen LogP contribution in [-0.2, 0) is 0 Å². The largest absolute Gasteiger partial charge is 0.406 e. The van der Waals surface area contributed by atoms with Crippen molar-refractivity contribution in [3.05, 3.63) is 24.0 Å². The van der Waals surface area contributed by atoms with Gasteiger partial charge >= 0.3 is 0 Å². The van der Waals surface area contributed by atoms with Crippen LogP contribution in [0.4, 0.5) is 0 Å². The van der Waals surface area contributed by atoms with Gasteiger partial charge < -0.3 is 4.84 Å². The zero-order chi connectivity index (χ0) is 8.10. The molecule has 0 radical (unpaired) electrons. The van der Waals surface area contributed by atoms with Crippen molar-refractivity contribution in [2.75, 3.05) is 7.05 Å². The van der Waals surface area contributed by atoms with E-state index in [1.165, 1.54) is 6.20 Å². The highest BCUT2D eigenvalue weighted by atomic mass is 16.6. The van der Waals surface area contributed by atoms with Gasteiger partial charge in [0.1, 0.15) is 6.07 Å². The number of rotatable bonds is 2. The SMILES string of the molecule is CNOc1cnccc1C#N. The molecule has 0 fully saturated rings. The Labute approximate surface area is 64.4 Å². The third-order valence-corrected chi connectivity index (χ3v) is 1.12. The fourth-order valence-electron chi connectivity index (χ4n) is 0.664. The first-order valence-electron chi connectivity index (χ1n) is 3.06. The molecular formula is C7H7N3O. The Kier molecular flexibility index (Phi) is 2.42. The lowest BCUT2D eigenvalue weighted by Gasteiger charge is -2.01. The highest BCUT2D eigenvalue weighted by molar-refractivity contribution is 5.39. The molecule has 0 aromatic carbocycles. The Morgan fingerprint density at radius 2 is 2.55 bits per heavy atom. The normalized spacial score (nSPS) is 8.73. The summed E-state index contributed by atoms with van der Waals surface area (Å²) in [6.45, 7) is 0. The summed E-state index contributed by atoms with van der Waals surface area (Å²) in [4.78, 5) is 8.69. The van der Waals surface area contributed by atoms with E-state index in [9.17, 15) is 0 Å². The molecule has 1 aromatic rings. The van der Waals surface area contributed by atoms with Crippen LogP contribution in [0.25, 0.3) is 0 Å². The maximum absolute atomic E-state index is 8.56. The van der Waals surface area contributed by atoms with Crippen LogP contribution in [0.2, 0.25) is 0 Å². The lowest BCUT2D eigenvalue weighted by Crippen LogP contribution is -2.11. The van der Waals surface area contributed by atoms with Crippen LogP contribution in [0, 0.1) is 11.3 Å². The molecule has 4 heteroatoms. The van der Waals surface area contributed by atoms with E-state index in [4.69, 9.17) is 10.1 Å². The van der Waals surface area contributed by atoms with Crippen molar-refractivity contribution in [3.63, 3.8) is 0 Å². The Hall–Kier alpha value is -1.60. The second-order valence-corrected chi connectivity index (χ2v) is 1.79. The molecule has 0 spiro atoms. The second-order valence-electron chi connectivity index (χ2n) is 1.79. The van der Waals surface area contributed by atoms with E-state index >= 15 is 0 Å². The van der Waals surface area contributed by atoms with Gasteiger partial charge in [0.2, 0.25) is 0 Å². The molecule has 11 heavy (non-hydrogen) atoms. The predicted molar refractivity (Wildman–Crippen MR) is 38.6 cm³/mol.